The van der Waals surface area contributed by atoms with Crippen molar-refractivity contribution in [3.63, 3.8) is 0 Å². The highest BCUT2D eigenvalue weighted by Crippen LogP contribution is 2.49. The summed E-state index contributed by atoms with van der Waals surface area (Å²) in [6.45, 7) is 4.39. The molecule has 6 nitrogen and oxygen atoms in total. The summed E-state index contributed by atoms with van der Waals surface area (Å²) in [6, 6.07) is 14.6. The van der Waals surface area contributed by atoms with Crippen LogP contribution in [0.4, 0.5) is 4.39 Å². The van der Waals surface area contributed by atoms with Crippen LogP contribution in [0, 0.1) is 19.7 Å². The van der Waals surface area contributed by atoms with E-state index < -0.39 is 17.3 Å². The SMILES string of the molecule is COc1cccc(C(c2cc3cc(Br)ccc3nc2OC)C(O)(CCN(C)C)c2cnc(C)cc2C)c1F. The maximum Gasteiger partial charge on any atom is 0.217 e. The Morgan fingerprint density at radius 1 is 1.05 bits per heavy atom. The zero-order valence-electron chi connectivity index (χ0n) is 22.5. The molecule has 0 aliphatic rings. The molecule has 4 aromatic rings. The Morgan fingerprint density at radius 3 is 2.47 bits per heavy atom. The summed E-state index contributed by atoms with van der Waals surface area (Å²) in [5, 5.41) is 13.7. The van der Waals surface area contributed by atoms with E-state index in [9.17, 15) is 5.11 Å². The van der Waals surface area contributed by atoms with Gasteiger partial charge in [-0.1, -0.05) is 28.1 Å². The molecule has 0 amide bonds. The highest BCUT2D eigenvalue weighted by molar-refractivity contribution is 9.10. The third-order valence-electron chi connectivity index (χ3n) is 6.93. The van der Waals surface area contributed by atoms with Gasteiger partial charge >= 0.3 is 0 Å². The van der Waals surface area contributed by atoms with E-state index in [1.807, 2.05) is 63.2 Å². The van der Waals surface area contributed by atoms with Gasteiger partial charge in [0.2, 0.25) is 5.88 Å². The highest BCUT2D eigenvalue weighted by atomic mass is 79.9. The first kappa shape index (κ1) is 28.0. The summed E-state index contributed by atoms with van der Waals surface area (Å²) in [5.41, 5.74) is 2.31. The number of rotatable bonds is 9. The fourth-order valence-electron chi connectivity index (χ4n) is 5.09. The van der Waals surface area contributed by atoms with Gasteiger partial charge in [0.05, 0.1) is 25.7 Å². The Bertz CT molecular complexity index is 1460. The Labute approximate surface area is 231 Å². The van der Waals surface area contributed by atoms with Crippen molar-refractivity contribution in [1.29, 1.82) is 0 Å². The van der Waals surface area contributed by atoms with Crippen LogP contribution in [-0.2, 0) is 5.60 Å². The lowest BCUT2D eigenvalue weighted by atomic mass is 9.70. The second kappa shape index (κ2) is 11.4. The van der Waals surface area contributed by atoms with Crippen LogP contribution >= 0.6 is 15.9 Å². The number of halogens is 2. The van der Waals surface area contributed by atoms with E-state index in [4.69, 9.17) is 14.5 Å². The van der Waals surface area contributed by atoms with Gasteiger partial charge in [-0.25, -0.2) is 9.37 Å². The number of hydrogen-bond acceptors (Lipinski definition) is 6. The molecule has 2 atom stereocenters. The molecule has 0 aliphatic heterocycles. The minimum atomic E-state index is -1.57. The van der Waals surface area contributed by atoms with Crippen molar-refractivity contribution >= 4 is 26.8 Å². The molecule has 0 fully saturated rings. The number of pyridine rings is 2. The molecule has 0 radical (unpaired) electrons. The molecule has 2 heterocycles. The summed E-state index contributed by atoms with van der Waals surface area (Å²) in [7, 11) is 6.85. The molecule has 0 aliphatic carbocycles. The van der Waals surface area contributed by atoms with Crippen molar-refractivity contribution in [3.05, 3.63) is 93.0 Å². The minimum Gasteiger partial charge on any atom is -0.494 e. The molecule has 1 N–H and O–H groups in total. The van der Waals surface area contributed by atoms with E-state index in [-0.39, 0.29) is 11.3 Å². The average molecular weight is 583 g/mol. The predicted octanol–water partition coefficient (Wildman–Crippen LogP) is 6.14. The average Bonchev–Trinajstić information content (AvgIpc) is 2.88. The smallest absolute Gasteiger partial charge is 0.217 e. The van der Waals surface area contributed by atoms with Crippen molar-refractivity contribution in [2.45, 2.75) is 31.8 Å². The lowest BCUT2D eigenvalue weighted by molar-refractivity contribution is 0.00193. The van der Waals surface area contributed by atoms with Gasteiger partial charge in [0.15, 0.2) is 11.6 Å². The first-order valence-electron chi connectivity index (χ1n) is 12.4. The van der Waals surface area contributed by atoms with Gasteiger partial charge in [-0.05, 0) is 76.3 Å². The fraction of sp³-hybridized carbons (Fsp3) is 0.333. The number of aromatic nitrogens is 2. The van der Waals surface area contributed by atoms with E-state index in [0.717, 1.165) is 26.6 Å². The van der Waals surface area contributed by atoms with Crippen molar-refractivity contribution < 1.29 is 19.0 Å². The third kappa shape index (κ3) is 5.39. The van der Waals surface area contributed by atoms with Crippen LogP contribution < -0.4 is 9.47 Å². The van der Waals surface area contributed by atoms with Gasteiger partial charge in [0, 0.05) is 45.0 Å². The van der Waals surface area contributed by atoms with E-state index >= 15 is 4.39 Å². The molecule has 38 heavy (non-hydrogen) atoms. The van der Waals surface area contributed by atoms with Crippen molar-refractivity contribution in [3.8, 4) is 11.6 Å². The van der Waals surface area contributed by atoms with Gasteiger partial charge in [-0.2, -0.15) is 0 Å². The molecule has 0 bridgehead atoms. The van der Waals surface area contributed by atoms with Gasteiger partial charge < -0.3 is 19.5 Å². The fourth-order valence-corrected chi connectivity index (χ4v) is 5.46. The quantitative estimate of drug-likeness (QED) is 0.256. The van der Waals surface area contributed by atoms with Gasteiger partial charge in [0.25, 0.3) is 0 Å². The number of nitrogens with zero attached hydrogens (tertiary/aromatic N) is 3. The molecule has 8 heteroatoms. The molecule has 200 valence electrons. The highest BCUT2D eigenvalue weighted by Gasteiger charge is 2.45. The normalized spacial score (nSPS) is 13.9. The molecule has 2 aromatic carbocycles. The predicted molar refractivity (Wildman–Crippen MR) is 152 cm³/mol. The Kier molecular flexibility index (Phi) is 8.35. The van der Waals surface area contributed by atoms with E-state index in [2.05, 4.69) is 20.9 Å². The topological polar surface area (TPSA) is 67.7 Å². The van der Waals surface area contributed by atoms with Crippen molar-refractivity contribution in [1.82, 2.24) is 14.9 Å². The summed E-state index contributed by atoms with van der Waals surface area (Å²) < 4.78 is 28.1. The number of aryl methyl sites for hydroxylation is 2. The maximum absolute atomic E-state index is 16.1. The van der Waals surface area contributed by atoms with E-state index in [1.165, 1.54) is 14.2 Å². The molecular weight excluding hydrogens is 549 g/mol. The second-order valence-electron chi connectivity index (χ2n) is 9.84. The molecule has 4 rings (SSSR count). The number of hydrogen-bond donors (Lipinski definition) is 1. The number of ether oxygens (including phenoxy) is 2. The molecule has 2 unspecified atom stereocenters. The van der Waals surface area contributed by atoms with Crippen molar-refractivity contribution in [2.24, 2.45) is 0 Å². The number of methoxy groups -OCH3 is 2. The largest absolute Gasteiger partial charge is 0.494 e. The molecule has 0 saturated carbocycles. The maximum atomic E-state index is 16.1. The first-order valence-corrected chi connectivity index (χ1v) is 13.2. The number of benzene rings is 2. The van der Waals surface area contributed by atoms with Gasteiger partial charge in [0.1, 0.15) is 5.60 Å². The summed E-state index contributed by atoms with van der Waals surface area (Å²) >= 11 is 3.54. The van der Waals surface area contributed by atoms with Crippen LogP contribution in [0.1, 0.15) is 40.3 Å². The molecule has 0 spiro atoms. The number of aliphatic hydroxyl groups is 1. The first-order chi connectivity index (χ1) is 18.1. The van der Waals surface area contributed by atoms with Crippen LogP contribution in [-0.4, -0.2) is 54.8 Å². The Morgan fingerprint density at radius 2 is 1.82 bits per heavy atom. The third-order valence-corrected chi connectivity index (χ3v) is 7.42. The summed E-state index contributed by atoms with van der Waals surface area (Å²) in [4.78, 5) is 11.3. The van der Waals surface area contributed by atoms with Gasteiger partial charge in [-0.3, -0.25) is 4.98 Å². The number of fused-ring (bicyclic) bond motifs is 1. The van der Waals surface area contributed by atoms with Crippen LogP contribution in [0.2, 0.25) is 0 Å². The summed E-state index contributed by atoms with van der Waals surface area (Å²) in [6.07, 6.45) is 2.00. The Hall–Kier alpha value is -3.07. The van der Waals surface area contributed by atoms with Crippen LogP contribution in [0.5, 0.6) is 11.6 Å². The van der Waals surface area contributed by atoms with Crippen molar-refractivity contribution in [2.75, 3.05) is 34.9 Å². The van der Waals surface area contributed by atoms with Crippen LogP contribution in [0.15, 0.2) is 59.2 Å². The van der Waals surface area contributed by atoms with E-state index in [1.54, 1.807) is 24.4 Å². The monoisotopic (exact) mass is 581 g/mol. The standard InChI is InChI=1S/C30H33BrFN3O3/c1-18-14-19(2)33-17-24(18)30(36,12-13-35(3)4)27(22-8-7-9-26(37-5)28(22)32)23-16-20-15-21(31)10-11-25(20)34-29(23)38-6/h7-11,14-17,27,36H,12-13H2,1-6H3. The van der Waals surface area contributed by atoms with E-state index in [0.29, 0.717) is 30.0 Å². The van der Waals surface area contributed by atoms with Crippen LogP contribution in [0.25, 0.3) is 10.9 Å². The molecule has 0 saturated heterocycles. The lowest BCUT2D eigenvalue weighted by Gasteiger charge is -2.39. The second-order valence-corrected chi connectivity index (χ2v) is 10.8. The summed E-state index contributed by atoms with van der Waals surface area (Å²) in [5.74, 6) is -1.03. The molecular formula is C30H33BrFN3O3. The minimum absolute atomic E-state index is 0.0941. The molecule has 2 aromatic heterocycles. The van der Waals surface area contributed by atoms with Gasteiger partial charge in [-0.15, -0.1) is 0 Å². The van der Waals surface area contributed by atoms with Crippen LogP contribution in [0.3, 0.4) is 0 Å². The Balaban J connectivity index is 2.11. The zero-order valence-corrected chi connectivity index (χ0v) is 24.1. The zero-order chi connectivity index (χ0) is 27.6. The lowest BCUT2D eigenvalue weighted by Crippen LogP contribution is -2.39.